The van der Waals surface area contributed by atoms with Gasteiger partial charge in [0.15, 0.2) is 0 Å². The van der Waals surface area contributed by atoms with Crippen LogP contribution in [0.1, 0.15) is 54.4 Å². The van der Waals surface area contributed by atoms with E-state index in [4.69, 9.17) is 0 Å². The highest BCUT2D eigenvalue weighted by Gasteiger charge is 2.29. The zero-order valence-corrected chi connectivity index (χ0v) is 16.5. The summed E-state index contributed by atoms with van der Waals surface area (Å²) in [6.07, 6.45) is 20.1. The molecule has 1 rings (SSSR count). The molecule has 1 aliphatic rings. The van der Waals surface area contributed by atoms with Gasteiger partial charge >= 0.3 is 0 Å². The van der Waals surface area contributed by atoms with E-state index in [-0.39, 0.29) is 9.49 Å². The van der Waals surface area contributed by atoms with Crippen molar-refractivity contribution in [1.29, 1.82) is 0 Å². The summed E-state index contributed by atoms with van der Waals surface area (Å²) in [4.78, 5) is 0. The molecule has 0 aromatic carbocycles. The first-order valence-electron chi connectivity index (χ1n) is 8.03. The van der Waals surface area contributed by atoms with Gasteiger partial charge in [0.25, 0.3) is 0 Å². The van der Waals surface area contributed by atoms with Crippen molar-refractivity contribution < 1.29 is 0 Å². The first kappa shape index (κ1) is 19.4. The summed E-state index contributed by atoms with van der Waals surface area (Å²) in [6.45, 7) is 13.4. The molecule has 22 heavy (non-hydrogen) atoms. The highest BCUT2D eigenvalue weighted by Crippen LogP contribution is 2.50. The second-order valence-electron chi connectivity index (χ2n) is 6.47. The fourth-order valence-electron chi connectivity index (χ4n) is 2.20. The molecule has 0 aliphatic heterocycles. The predicted molar refractivity (Wildman–Crippen MR) is 108 cm³/mol. The maximum atomic E-state index is 2.39. The Hall–Kier alpha value is -0.600. The van der Waals surface area contributed by atoms with Crippen LogP contribution in [0.3, 0.4) is 0 Å². The summed E-state index contributed by atoms with van der Waals surface area (Å²) in [5.41, 5.74) is 2.81. The van der Waals surface area contributed by atoms with E-state index in [1.165, 1.54) is 24.0 Å². The normalized spacial score (nSPS) is 17.5. The molecule has 0 aromatic rings. The fourth-order valence-corrected chi connectivity index (χ4v) is 4.92. The van der Waals surface area contributed by atoms with E-state index < -0.39 is 0 Å². The van der Waals surface area contributed by atoms with Gasteiger partial charge in [-0.1, -0.05) is 70.2 Å². The summed E-state index contributed by atoms with van der Waals surface area (Å²) in [7, 11) is 3.94. The summed E-state index contributed by atoms with van der Waals surface area (Å²) in [5.74, 6) is 0. The zero-order valence-electron chi connectivity index (χ0n) is 14.8. The number of rotatable bonds is 7. The van der Waals surface area contributed by atoms with Crippen LogP contribution in [0.15, 0.2) is 59.8 Å². The van der Waals surface area contributed by atoms with Gasteiger partial charge in [0.05, 0.1) is 0 Å². The van der Waals surface area contributed by atoms with Crippen LogP contribution in [0, 0.1) is 0 Å². The van der Waals surface area contributed by atoms with Crippen LogP contribution in [0.2, 0.25) is 0 Å². The quantitative estimate of drug-likeness (QED) is 0.354. The average Bonchev–Trinajstić information content (AvgIpc) is 2.50. The van der Waals surface area contributed by atoms with E-state index in [9.17, 15) is 0 Å². The third-order valence-corrected chi connectivity index (χ3v) is 7.80. The van der Waals surface area contributed by atoms with Crippen molar-refractivity contribution in [2.24, 2.45) is 0 Å². The van der Waals surface area contributed by atoms with Crippen molar-refractivity contribution in [2.75, 3.05) is 0 Å². The van der Waals surface area contributed by atoms with Gasteiger partial charge < -0.3 is 0 Å². The molecule has 0 saturated carbocycles. The van der Waals surface area contributed by atoms with E-state index >= 15 is 0 Å². The second-order valence-corrected chi connectivity index (χ2v) is 9.85. The first-order valence-corrected chi connectivity index (χ1v) is 10.2. The van der Waals surface area contributed by atoms with Crippen molar-refractivity contribution in [1.82, 2.24) is 0 Å². The highest BCUT2D eigenvalue weighted by atomic mass is 33.1. The lowest BCUT2D eigenvalue weighted by Crippen LogP contribution is -2.21. The first-order chi connectivity index (χ1) is 10.3. The topological polar surface area (TPSA) is 0 Å². The van der Waals surface area contributed by atoms with Gasteiger partial charge in [-0.25, -0.2) is 0 Å². The number of hydrogen-bond acceptors (Lipinski definition) is 2. The Labute approximate surface area is 145 Å². The SMILES string of the molecule is C\C=C/C=C(\C=C/C)C(C)(C)SSC(C)(C)C1=CCCC=C1. The van der Waals surface area contributed by atoms with Crippen LogP contribution in [0.5, 0.6) is 0 Å². The Morgan fingerprint density at radius 1 is 1.05 bits per heavy atom. The molecule has 0 fully saturated rings. The van der Waals surface area contributed by atoms with Crippen LogP contribution in [-0.2, 0) is 0 Å². The third kappa shape index (κ3) is 5.89. The molecule has 122 valence electrons. The number of hydrogen-bond donors (Lipinski definition) is 0. The maximum absolute atomic E-state index is 2.39. The standard InChI is InChI=1S/C20H30S2/c1-7-9-14-17(13-8-2)19(3,4)21-22-20(5,6)18-15-11-10-12-16-18/h7-9,11,13-16H,10,12H2,1-6H3/b9-7-,13-8-,17-14+. The molecule has 0 unspecified atom stereocenters. The van der Waals surface area contributed by atoms with Crippen molar-refractivity contribution in [3.63, 3.8) is 0 Å². The molecule has 0 amide bonds. The van der Waals surface area contributed by atoms with E-state index in [0.29, 0.717) is 0 Å². The summed E-state index contributed by atoms with van der Waals surface area (Å²) >= 11 is 0. The van der Waals surface area contributed by atoms with Crippen LogP contribution < -0.4 is 0 Å². The average molecular weight is 335 g/mol. The molecule has 0 saturated heterocycles. The van der Waals surface area contributed by atoms with Gasteiger partial charge in [0, 0.05) is 9.49 Å². The fraction of sp³-hybridized carbons (Fsp3) is 0.500. The minimum absolute atomic E-state index is 0.0763. The molecular formula is C20H30S2. The lowest BCUT2D eigenvalue weighted by Gasteiger charge is -2.32. The number of allylic oxidation sites excluding steroid dienone is 8. The molecule has 1 aliphatic carbocycles. The minimum Gasteiger partial charge on any atom is -0.0877 e. The van der Waals surface area contributed by atoms with E-state index in [2.05, 4.69) is 90.2 Å². The Kier molecular flexibility index (Phi) is 7.85. The molecule has 0 radical (unpaired) electrons. The molecule has 0 aromatic heterocycles. The van der Waals surface area contributed by atoms with Crippen molar-refractivity contribution in [3.8, 4) is 0 Å². The molecule has 0 atom stereocenters. The molecular weight excluding hydrogens is 304 g/mol. The van der Waals surface area contributed by atoms with Crippen molar-refractivity contribution >= 4 is 21.6 Å². The molecule has 0 heterocycles. The summed E-state index contributed by atoms with van der Waals surface area (Å²) in [6, 6.07) is 0. The van der Waals surface area contributed by atoms with Crippen molar-refractivity contribution in [2.45, 2.75) is 63.9 Å². The van der Waals surface area contributed by atoms with Gasteiger partial charge in [0.2, 0.25) is 0 Å². The molecule has 0 spiro atoms. The Morgan fingerprint density at radius 2 is 1.77 bits per heavy atom. The van der Waals surface area contributed by atoms with Crippen LogP contribution in [0.4, 0.5) is 0 Å². The monoisotopic (exact) mass is 334 g/mol. The van der Waals surface area contributed by atoms with E-state index in [1.807, 2.05) is 21.6 Å². The van der Waals surface area contributed by atoms with E-state index in [0.717, 1.165) is 0 Å². The lowest BCUT2D eigenvalue weighted by molar-refractivity contribution is 0.834. The predicted octanol–water partition coefficient (Wildman–Crippen LogP) is 7.28. The van der Waals surface area contributed by atoms with Crippen LogP contribution in [-0.4, -0.2) is 9.49 Å². The van der Waals surface area contributed by atoms with E-state index in [1.54, 1.807) is 0 Å². The summed E-state index contributed by atoms with van der Waals surface area (Å²) < 4.78 is 0.216. The smallest absolute Gasteiger partial charge is 0.0455 e. The minimum atomic E-state index is 0.0763. The van der Waals surface area contributed by atoms with Gasteiger partial charge in [0.1, 0.15) is 0 Å². The Morgan fingerprint density at radius 3 is 2.32 bits per heavy atom. The van der Waals surface area contributed by atoms with Gasteiger partial charge in [-0.15, -0.1) is 0 Å². The molecule has 0 N–H and O–H groups in total. The Bertz CT molecular complexity index is 500. The van der Waals surface area contributed by atoms with Crippen LogP contribution in [0.25, 0.3) is 0 Å². The van der Waals surface area contributed by atoms with Gasteiger partial charge in [-0.3, -0.25) is 0 Å². The highest BCUT2D eigenvalue weighted by molar-refractivity contribution is 8.77. The third-order valence-electron chi connectivity index (χ3n) is 3.66. The molecule has 2 heteroatoms. The molecule has 0 bridgehead atoms. The zero-order chi connectivity index (χ0) is 16.6. The van der Waals surface area contributed by atoms with Gasteiger partial charge in [-0.05, 0) is 65.5 Å². The maximum Gasteiger partial charge on any atom is 0.0455 e. The summed E-state index contributed by atoms with van der Waals surface area (Å²) in [5, 5.41) is 0. The largest absolute Gasteiger partial charge is 0.0877 e. The van der Waals surface area contributed by atoms with Crippen LogP contribution >= 0.6 is 21.6 Å². The lowest BCUT2D eigenvalue weighted by atomic mass is 9.96. The van der Waals surface area contributed by atoms with Crippen molar-refractivity contribution in [3.05, 3.63) is 59.8 Å². The Balaban J connectivity index is 2.82. The van der Waals surface area contributed by atoms with Gasteiger partial charge in [-0.2, -0.15) is 0 Å². The second kappa shape index (κ2) is 8.88. The molecule has 0 nitrogen and oxygen atoms in total.